The first-order chi connectivity index (χ1) is 9.03. The van der Waals surface area contributed by atoms with E-state index in [0.29, 0.717) is 11.4 Å². The Bertz CT molecular complexity index is 549. The summed E-state index contributed by atoms with van der Waals surface area (Å²) in [6.07, 6.45) is 1.65. The monoisotopic (exact) mass is 320 g/mol. The van der Waals surface area contributed by atoms with Crippen molar-refractivity contribution < 1.29 is 13.2 Å². The van der Waals surface area contributed by atoms with E-state index in [1.165, 1.54) is 0 Å². The Hall–Kier alpha value is -0.820. The molecule has 7 heteroatoms. The number of fused-ring (bicyclic) bond motifs is 1. The van der Waals surface area contributed by atoms with E-state index in [0.717, 1.165) is 30.7 Å². The number of rotatable bonds is 6. The summed E-state index contributed by atoms with van der Waals surface area (Å²) in [5, 5.41) is 2.98. The van der Waals surface area contributed by atoms with Gasteiger partial charge in [-0.15, -0.1) is 12.4 Å². The van der Waals surface area contributed by atoms with Gasteiger partial charge >= 0.3 is 0 Å². The molecule has 1 aromatic rings. The van der Waals surface area contributed by atoms with Gasteiger partial charge in [-0.2, -0.15) is 0 Å². The third-order valence-corrected chi connectivity index (χ3v) is 4.53. The van der Waals surface area contributed by atoms with Gasteiger partial charge in [0.2, 0.25) is 10.0 Å². The summed E-state index contributed by atoms with van der Waals surface area (Å²) < 4.78 is 32.4. The van der Waals surface area contributed by atoms with Crippen LogP contribution in [0.4, 0.5) is 0 Å². The average Bonchev–Trinajstić information content (AvgIpc) is 2.73. The van der Waals surface area contributed by atoms with E-state index in [-0.39, 0.29) is 18.5 Å². The summed E-state index contributed by atoms with van der Waals surface area (Å²) in [5.41, 5.74) is 0.964. The van der Waals surface area contributed by atoms with E-state index in [2.05, 4.69) is 10.0 Å². The molecule has 2 N–H and O–H groups in total. The number of ether oxygens (including phenoxy) is 1. The molecule has 0 amide bonds. The molecule has 0 saturated heterocycles. The summed E-state index contributed by atoms with van der Waals surface area (Å²) in [6.45, 7) is 3.20. The highest BCUT2D eigenvalue weighted by Crippen LogP contribution is 2.30. The maximum absolute atomic E-state index is 12.1. The van der Waals surface area contributed by atoms with Crippen molar-refractivity contribution in [3.63, 3.8) is 0 Å². The van der Waals surface area contributed by atoms with Crippen molar-refractivity contribution in [2.45, 2.75) is 30.8 Å². The van der Waals surface area contributed by atoms with Gasteiger partial charge in [0.25, 0.3) is 0 Å². The van der Waals surface area contributed by atoms with Crippen molar-refractivity contribution in [2.75, 3.05) is 20.1 Å². The Morgan fingerprint density at radius 1 is 1.35 bits per heavy atom. The van der Waals surface area contributed by atoms with E-state index in [1.807, 2.05) is 14.0 Å². The summed E-state index contributed by atoms with van der Waals surface area (Å²) in [4.78, 5) is 0.313. The van der Waals surface area contributed by atoms with Gasteiger partial charge in [-0.1, -0.05) is 0 Å². The van der Waals surface area contributed by atoms with Crippen molar-refractivity contribution in [2.24, 2.45) is 0 Å². The fourth-order valence-electron chi connectivity index (χ4n) is 2.12. The van der Waals surface area contributed by atoms with Crippen LogP contribution in [0.15, 0.2) is 23.1 Å². The summed E-state index contributed by atoms with van der Waals surface area (Å²) in [6, 6.07) is 5.04. The van der Waals surface area contributed by atoms with Crippen LogP contribution in [0.5, 0.6) is 5.75 Å². The Balaban J connectivity index is 0.00000200. The van der Waals surface area contributed by atoms with Gasteiger partial charge in [-0.3, -0.25) is 0 Å². The Kier molecular flexibility index (Phi) is 6.26. The maximum Gasteiger partial charge on any atom is 0.240 e. The highest BCUT2D eigenvalue weighted by atomic mass is 35.5. The number of sulfonamides is 1. The Morgan fingerprint density at radius 2 is 2.10 bits per heavy atom. The van der Waals surface area contributed by atoms with Crippen molar-refractivity contribution in [1.29, 1.82) is 0 Å². The smallest absolute Gasteiger partial charge is 0.240 e. The van der Waals surface area contributed by atoms with Crippen molar-refractivity contribution in [3.8, 4) is 5.75 Å². The third-order valence-electron chi connectivity index (χ3n) is 3.07. The van der Waals surface area contributed by atoms with Crippen LogP contribution < -0.4 is 14.8 Å². The van der Waals surface area contributed by atoms with Gasteiger partial charge in [0, 0.05) is 13.0 Å². The molecule has 1 aliphatic rings. The van der Waals surface area contributed by atoms with Crippen LogP contribution in [-0.2, 0) is 16.4 Å². The zero-order valence-corrected chi connectivity index (χ0v) is 13.3. The molecule has 1 heterocycles. The fourth-order valence-corrected chi connectivity index (χ4v) is 3.24. The van der Waals surface area contributed by atoms with Gasteiger partial charge in [-0.25, -0.2) is 13.1 Å². The lowest BCUT2D eigenvalue weighted by Crippen LogP contribution is -2.26. The van der Waals surface area contributed by atoms with Crippen molar-refractivity contribution in [1.82, 2.24) is 10.0 Å². The molecule has 1 aromatic carbocycles. The second-order valence-electron chi connectivity index (χ2n) is 4.76. The molecule has 114 valence electrons. The zero-order chi connectivity index (χ0) is 13.9. The van der Waals surface area contributed by atoms with Crippen LogP contribution in [0.2, 0.25) is 0 Å². The molecule has 1 aliphatic heterocycles. The lowest BCUT2D eigenvalue weighted by atomic mass is 10.1. The van der Waals surface area contributed by atoms with Gasteiger partial charge < -0.3 is 10.1 Å². The molecule has 0 radical (unpaired) electrons. The van der Waals surface area contributed by atoms with Crippen LogP contribution in [0.3, 0.4) is 0 Å². The van der Waals surface area contributed by atoms with E-state index in [1.54, 1.807) is 18.2 Å². The highest BCUT2D eigenvalue weighted by Gasteiger charge is 2.22. The van der Waals surface area contributed by atoms with Crippen LogP contribution in [0, 0.1) is 0 Å². The minimum Gasteiger partial charge on any atom is -0.490 e. The minimum atomic E-state index is -3.41. The van der Waals surface area contributed by atoms with Gasteiger partial charge in [-0.05, 0) is 50.7 Å². The summed E-state index contributed by atoms with van der Waals surface area (Å²) >= 11 is 0. The second kappa shape index (κ2) is 7.26. The van der Waals surface area contributed by atoms with E-state index in [9.17, 15) is 8.42 Å². The minimum absolute atomic E-state index is 0. The number of benzene rings is 1. The lowest BCUT2D eigenvalue weighted by Gasteiger charge is -2.08. The lowest BCUT2D eigenvalue weighted by molar-refractivity contribution is 0.254. The third kappa shape index (κ3) is 4.09. The molecule has 1 unspecified atom stereocenters. The molecule has 5 nitrogen and oxygen atoms in total. The maximum atomic E-state index is 12.1. The van der Waals surface area contributed by atoms with Gasteiger partial charge in [0.15, 0.2) is 0 Å². The number of nitrogens with one attached hydrogen (secondary N) is 2. The molecular formula is C13H21ClN2O3S. The first-order valence-corrected chi connectivity index (χ1v) is 7.95. The zero-order valence-electron chi connectivity index (χ0n) is 11.7. The topological polar surface area (TPSA) is 67.4 Å². The predicted octanol–water partition coefficient (Wildman–Crippen LogP) is 1.32. The number of hydrogen-bond donors (Lipinski definition) is 2. The molecule has 2 rings (SSSR count). The molecule has 0 bridgehead atoms. The van der Waals surface area contributed by atoms with Crippen LogP contribution in [-0.4, -0.2) is 34.7 Å². The fraction of sp³-hybridized carbons (Fsp3) is 0.538. The standard InChI is InChI=1S/C13H20N2O3S.ClH/c1-10-8-11-9-12(4-5-13(11)18-10)19(16,17)15-7-3-6-14-2;/h4-5,9-10,14-15H,3,6-8H2,1-2H3;1H. The van der Waals surface area contributed by atoms with Crippen LogP contribution in [0.1, 0.15) is 18.9 Å². The molecule has 0 fully saturated rings. The number of halogens is 1. The highest BCUT2D eigenvalue weighted by molar-refractivity contribution is 7.89. The van der Waals surface area contributed by atoms with Gasteiger partial charge in [0.1, 0.15) is 11.9 Å². The van der Waals surface area contributed by atoms with Crippen LogP contribution in [0.25, 0.3) is 0 Å². The van der Waals surface area contributed by atoms with Gasteiger partial charge in [0.05, 0.1) is 4.90 Å². The normalized spacial score (nSPS) is 17.2. The molecular weight excluding hydrogens is 300 g/mol. The molecule has 1 atom stereocenters. The van der Waals surface area contributed by atoms with E-state index < -0.39 is 10.0 Å². The average molecular weight is 321 g/mol. The molecule has 0 aromatic heterocycles. The molecule has 0 saturated carbocycles. The van der Waals surface area contributed by atoms with Crippen molar-refractivity contribution in [3.05, 3.63) is 23.8 Å². The van der Waals surface area contributed by atoms with E-state index >= 15 is 0 Å². The Morgan fingerprint density at radius 3 is 2.80 bits per heavy atom. The summed E-state index contributed by atoms with van der Waals surface area (Å²) in [7, 11) is -1.57. The molecule has 0 aliphatic carbocycles. The Labute approximate surface area is 126 Å². The quantitative estimate of drug-likeness (QED) is 0.776. The van der Waals surface area contributed by atoms with Crippen molar-refractivity contribution >= 4 is 22.4 Å². The molecule has 20 heavy (non-hydrogen) atoms. The first kappa shape index (κ1) is 17.2. The predicted molar refractivity (Wildman–Crippen MR) is 81.2 cm³/mol. The first-order valence-electron chi connectivity index (χ1n) is 6.47. The van der Waals surface area contributed by atoms with Crippen LogP contribution >= 0.6 is 12.4 Å². The second-order valence-corrected chi connectivity index (χ2v) is 6.52. The largest absolute Gasteiger partial charge is 0.490 e. The summed E-state index contributed by atoms with van der Waals surface area (Å²) in [5.74, 6) is 0.793. The van der Waals surface area contributed by atoms with E-state index in [4.69, 9.17) is 4.74 Å². The number of hydrogen-bond acceptors (Lipinski definition) is 4. The SMILES string of the molecule is CNCCCNS(=O)(=O)c1ccc2c(c1)CC(C)O2.Cl. The molecule has 0 spiro atoms.